The van der Waals surface area contributed by atoms with E-state index in [1.807, 2.05) is 17.0 Å². The second-order valence-electron chi connectivity index (χ2n) is 7.65. The zero-order valence-corrected chi connectivity index (χ0v) is 17.2. The Morgan fingerprint density at radius 2 is 1.97 bits per heavy atom. The van der Waals surface area contributed by atoms with Crippen LogP contribution in [-0.2, 0) is 16.1 Å². The van der Waals surface area contributed by atoms with Gasteiger partial charge < -0.3 is 14.2 Å². The third-order valence-electron chi connectivity index (χ3n) is 5.23. The predicted molar refractivity (Wildman–Crippen MR) is 111 cm³/mol. The number of benzene rings is 1. The number of rotatable bonds is 6. The standard InChI is InChI=1S/C22H25N5O3/c1-15(2)16-7-9-17(10-8-16)20-25-19(30-26-20)14-29-21(28)18-6-3-4-13-27(18)22-23-11-5-12-24-22/h5,7-12,15,18H,3-4,6,13-14H2,1-2H3. The van der Waals surface area contributed by atoms with Gasteiger partial charge in [0.15, 0.2) is 6.61 Å². The Morgan fingerprint density at radius 3 is 2.70 bits per heavy atom. The molecule has 2 aromatic heterocycles. The van der Waals surface area contributed by atoms with E-state index < -0.39 is 6.04 Å². The van der Waals surface area contributed by atoms with Crippen LogP contribution in [0.2, 0.25) is 0 Å². The average molecular weight is 407 g/mol. The summed E-state index contributed by atoms with van der Waals surface area (Å²) in [6.07, 6.45) is 6.00. The summed E-state index contributed by atoms with van der Waals surface area (Å²) in [6.45, 7) is 4.96. The highest BCUT2D eigenvalue weighted by Gasteiger charge is 2.32. The quantitative estimate of drug-likeness (QED) is 0.570. The van der Waals surface area contributed by atoms with Crippen LogP contribution in [0.25, 0.3) is 11.4 Å². The fraction of sp³-hybridized carbons (Fsp3) is 0.409. The summed E-state index contributed by atoms with van der Waals surface area (Å²) in [4.78, 5) is 27.5. The molecule has 0 radical (unpaired) electrons. The molecule has 8 heteroatoms. The van der Waals surface area contributed by atoms with Gasteiger partial charge >= 0.3 is 5.97 Å². The summed E-state index contributed by atoms with van der Waals surface area (Å²) < 4.78 is 10.8. The smallest absolute Gasteiger partial charge is 0.329 e. The molecule has 1 aromatic carbocycles. The first-order valence-corrected chi connectivity index (χ1v) is 10.2. The van der Waals surface area contributed by atoms with Crippen LogP contribution < -0.4 is 4.90 Å². The van der Waals surface area contributed by atoms with Crippen LogP contribution in [0, 0.1) is 0 Å². The summed E-state index contributed by atoms with van der Waals surface area (Å²) in [5, 5.41) is 4.01. The van der Waals surface area contributed by atoms with Gasteiger partial charge in [0.2, 0.25) is 11.8 Å². The van der Waals surface area contributed by atoms with E-state index in [1.54, 1.807) is 18.5 Å². The zero-order chi connectivity index (χ0) is 20.9. The van der Waals surface area contributed by atoms with E-state index in [-0.39, 0.29) is 18.5 Å². The molecular weight excluding hydrogens is 382 g/mol. The number of nitrogens with zero attached hydrogens (tertiary/aromatic N) is 5. The molecule has 1 saturated heterocycles. The largest absolute Gasteiger partial charge is 0.454 e. The molecule has 30 heavy (non-hydrogen) atoms. The number of esters is 1. The summed E-state index contributed by atoms with van der Waals surface area (Å²) in [6, 6.07) is 9.39. The van der Waals surface area contributed by atoms with E-state index in [4.69, 9.17) is 9.26 Å². The molecule has 1 unspecified atom stereocenters. The summed E-state index contributed by atoms with van der Waals surface area (Å²) >= 11 is 0. The molecule has 1 aliphatic heterocycles. The van der Waals surface area contributed by atoms with E-state index >= 15 is 0 Å². The highest BCUT2D eigenvalue weighted by Crippen LogP contribution is 2.23. The van der Waals surface area contributed by atoms with Gasteiger partial charge in [-0.15, -0.1) is 0 Å². The molecule has 4 rings (SSSR count). The molecule has 0 bridgehead atoms. The van der Waals surface area contributed by atoms with Gasteiger partial charge in [-0.25, -0.2) is 14.8 Å². The minimum absolute atomic E-state index is 0.0596. The van der Waals surface area contributed by atoms with Crippen LogP contribution in [0.15, 0.2) is 47.2 Å². The highest BCUT2D eigenvalue weighted by atomic mass is 16.6. The lowest BCUT2D eigenvalue weighted by atomic mass is 10.0. The van der Waals surface area contributed by atoms with Crippen molar-refractivity contribution in [2.45, 2.75) is 51.7 Å². The number of anilines is 1. The Morgan fingerprint density at radius 1 is 1.20 bits per heavy atom. The van der Waals surface area contributed by atoms with Gasteiger partial charge in [-0.05, 0) is 36.8 Å². The first-order valence-electron chi connectivity index (χ1n) is 10.2. The van der Waals surface area contributed by atoms with Crippen molar-refractivity contribution < 1.29 is 14.1 Å². The Kier molecular flexibility index (Phi) is 6.02. The Bertz CT molecular complexity index is 972. The van der Waals surface area contributed by atoms with E-state index in [9.17, 15) is 4.79 Å². The first kappa shape index (κ1) is 20.0. The number of hydrogen-bond donors (Lipinski definition) is 0. The van der Waals surface area contributed by atoms with Crippen molar-refractivity contribution in [3.05, 3.63) is 54.2 Å². The van der Waals surface area contributed by atoms with Crippen molar-refractivity contribution >= 4 is 11.9 Å². The molecule has 1 aliphatic rings. The van der Waals surface area contributed by atoms with E-state index in [2.05, 4.69) is 46.1 Å². The topological polar surface area (TPSA) is 94.2 Å². The van der Waals surface area contributed by atoms with Crippen LogP contribution in [0.1, 0.15) is 50.5 Å². The third kappa shape index (κ3) is 4.48. The molecule has 0 amide bonds. The molecule has 156 valence electrons. The minimum atomic E-state index is -0.410. The van der Waals surface area contributed by atoms with Crippen LogP contribution >= 0.6 is 0 Å². The van der Waals surface area contributed by atoms with Gasteiger partial charge in [-0.3, -0.25) is 0 Å². The number of hydrogen-bond acceptors (Lipinski definition) is 8. The molecule has 0 aliphatic carbocycles. The van der Waals surface area contributed by atoms with Gasteiger partial charge in [0.1, 0.15) is 6.04 Å². The second-order valence-corrected chi connectivity index (χ2v) is 7.65. The summed E-state index contributed by atoms with van der Waals surface area (Å²) in [5.74, 6) is 1.42. The van der Waals surface area contributed by atoms with Crippen LogP contribution in [0.4, 0.5) is 5.95 Å². The Labute approximate surface area is 175 Å². The number of ether oxygens (including phenoxy) is 1. The van der Waals surface area contributed by atoms with Gasteiger partial charge in [0.05, 0.1) is 0 Å². The molecule has 0 spiro atoms. The molecular formula is C22H25N5O3. The predicted octanol–water partition coefficient (Wildman–Crippen LogP) is 3.75. The van der Waals surface area contributed by atoms with Crippen LogP contribution in [-0.4, -0.2) is 38.7 Å². The lowest BCUT2D eigenvalue weighted by Gasteiger charge is -2.33. The maximum absolute atomic E-state index is 12.7. The number of carbonyl (C=O) groups is 1. The fourth-order valence-corrected chi connectivity index (χ4v) is 3.53. The van der Waals surface area contributed by atoms with Gasteiger partial charge in [-0.1, -0.05) is 43.3 Å². The SMILES string of the molecule is CC(C)c1ccc(-c2noc(COC(=O)C3CCCCN3c3ncccn3)n2)cc1. The lowest BCUT2D eigenvalue weighted by Crippen LogP contribution is -2.46. The Hall–Kier alpha value is -3.29. The average Bonchev–Trinajstić information content (AvgIpc) is 3.27. The van der Waals surface area contributed by atoms with Crippen molar-refractivity contribution in [1.29, 1.82) is 0 Å². The molecule has 0 N–H and O–H groups in total. The van der Waals surface area contributed by atoms with Crippen molar-refractivity contribution in [2.24, 2.45) is 0 Å². The zero-order valence-electron chi connectivity index (χ0n) is 17.2. The molecule has 1 atom stereocenters. The maximum atomic E-state index is 12.7. The van der Waals surface area contributed by atoms with Crippen molar-refractivity contribution in [1.82, 2.24) is 20.1 Å². The number of piperidine rings is 1. The molecule has 8 nitrogen and oxygen atoms in total. The summed E-state index contributed by atoms with van der Waals surface area (Å²) in [7, 11) is 0. The summed E-state index contributed by atoms with van der Waals surface area (Å²) in [5.41, 5.74) is 2.11. The van der Waals surface area contributed by atoms with E-state index in [0.29, 0.717) is 24.1 Å². The van der Waals surface area contributed by atoms with Crippen LogP contribution in [0.5, 0.6) is 0 Å². The van der Waals surface area contributed by atoms with Crippen molar-refractivity contribution in [3.63, 3.8) is 0 Å². The van der Waals surface area contributed by atoms with Crippen molar-refractivity contribution in [2.75, 3.05) is 11.4 Å². The normalized spacial score (nSPS) is 16.6. The minimum Gasteiger partial charge on any atom is -0.454 e. The monoisotopic (exact) mass is 407 g/mol. The molecule has 1 fully saturated rings. The second kappa shape index (κ2) is 9.02. The van der Waals surface area contributed by atoms with E-state index in [0.717, 1.165) is 24.9 Å². The van der Waals surface area contributed by atoms with Gasteiger partial charge in [0, 0.05) is 24.5 Å². The Balaban J connectivity index is 1.39. The van der Waals surface area contributed by atoms with Gasteiger partial charge in [-0.2, -0.15) is 4.98 Å². The molecule has 3 aromatic rings. The maximum Gasteiger partial charge on any atom is 0.329 e. The third-order valence-corrected chi connectivity index (χ3v) is 5.23. The number of aromatic nitrogens is 4. The highest BCUT2D eigenvalue weighted by molar-refractivity contribution is 5.79. The number of carbonyl (C=O) groups excluding carboxylic acids is 1. The fourth-order valence-electron chi connectivity index (χ4n) is 3.53. The van der Waals surface area contributed by atoms with Crippen molar-refractivity contribution in [3.8, 4) is 11.4 Å². The molecule has 3 heterocycles. The van der Waals surface area contributed by atoms with Crippen LogP contribution in [0.3, 0.4) is 0 Å². The van der Waals surface area contributed by atoms with E-state index in [1.165, 1.54) is 5.56 Å². The van der Waals surface area contributed by atoms with Gasteiger partial charge in [0.25, 0.3) is 5.89 Å². The first-order chi connectivity index (χ1) is 14.6. The lowest BCUT2D eigenvalue weighted by molar-refractivity contribution is -0.148. The molecule has 0 saturated carbocycles.